The predicted molar refractivity (Wildman–Crippen MR) is 80.0 cm³/mol. The Kier molecular flexibility index (Phi) is 4.15. The van der Waals surface area contributed by atoms with Crippen LogP contribution in [0.1, 0.15) is 12.8 Å². The van der Waals surface area contributed by atoms with Gasteiger partial charge in [-0.3, -0.25) is 0 Å². The maximum absolute atomic E-state index is 12.8. The summed E-state index contributed by atoms with van der Waals surface area (Å²) in [6.45, 7) is 0.794. The van der Waals surface area contributed by atoms with Crippen molar-refractivity contribution in [3.63, 3.8) is 0 Å². The van der Waals surface area contributed by atoms with Gasteiger partial charge in [-0.15, -0.1) is 0 Å². The number of benzene rings is 1. The maximum Gasteiger partial charge on any atom is 0.243 e. The van der Waals surface area contributed by atoms with Crippen molar-refractivity contribution in [3.8, 4) is 5.75 Å². The summed E-state index contributed by atoms with van der Waals surface area (Å²) in [7, 11) is -2.08. The molecule has 1 heterocycles. The molecule has 1 aliphatic carbocycles. The molecule has 6 nitrogen and oxygen atoms in total. The van der Waals surface area contributed by atoms with Crippen LogP contribution in [-0.2, 0) is 10.0 Å². The van der Waals surface area contributed by atoms with Crippen molar-refractivity contribution >= 4 is 10.0 Å². The first-order chi connectivity index (χ1) is 10.4. The van der Waals surface area contributed by atoms with Gasteiger partial charge in [-0.2, -0.15) is 4.31 Å². The van der Waals surface area contributed by atoms with Gasteiger partial charge in [-0.25, -0.2) is 8.42 Å². The Hall–Kier alpha value is -1.15. The zero-order chi connectivity index (χ0) is 15.9. The van der Waals surface area contributed by atoms with Gasteiger partial charge in [0.25, 0.3) is 0 Å². The van der Waals surface area contributed by atoms with Crippen molar-refractivity contribution in [2.24, 2.45) is 11.8 Å². The van der Waals surface area contributed by atoms with E-state index in [0.29, 0.717) is 31.7 Å². The molecule has 1 aliphatic heterocycles. The lowest BCUT2D eigenvalue weighted by molar-refractivity contribution is -0.0372. The van der Waals surface area contributed by atoms with Gasteiger partial charge >= 0.3 is 0 Å². The summed E-state index contributed by atoms with van der Waals surface area (Å²) in [5.74, 6) is 0.723. The lowest BCUT2D eigenvalue weighted by Crippen LogP contribution is -2.38. The van der Waals surface area contributed by atoms with E-state index in [1.165, 1.54) is 17.5 Å². The molecular formula is C15H21NO5S. The van der Waals surface area contributed by atoms with Gasteiger partial charge in [0.05, 0.1) is 24.2 Å². The molecule has 2 N–H and O–H groups in total. The fourth-order valence-corrected chi connectivity index (χ4v) is 5.06. The molecule has 22 heavy (non-hydrogen) atoms. The van der Waals surface area contributed by atoms with Crippen molar-refractivity contribution in [2.75, 3.05) is 20.2 Å². The monoisotopic (exact) mass is 327 g/mol. The van der Waals surface area contributed by atoms with Gasteiger partial charge in [0.1, 0.15) is 5.75 Å². The zero-order valence-electron chi connectivity index (χ0n) is 12.4. The topological polar surface area (TPSA) is 87.1 Å². The Labute approximate surface area is 130 Å². The van der Waals surface area contributed by atoms with Crippen molar-refractivity contribution in [2.45, 2.75) is 29.9 Å². The average Bonchev–Trinajstić information content (AvgIpc) is 2.91. The molecule has 0 bridgehead atoms. The number of sulfonamides is 1. The van der Waals surface area contributed by atoms with E-state index < -0.39 is 22.2 Å². The molecule has 0 radical (unpaired) electrons. The van der Waals surface area contributed by atoms with E-state index in [1.807, 2.05) is 0 Å². The minimum Gasteiger partial charge on any atom is -0.497 e. The highest BCUT2D eigenvalue weighted by atomic mass is 32.2. The Morgan fingerprint density at radius 1 is 1.14 bits per heavy atom. The first-order valence-corrected chi connectivity index (χ1v) is 8.86. The second-order valence-corrected chi connectivity index (χ2v) is 8.07. The van der Waals surface area contributed by atoms with E-state index in [1.54, 1.807) is 18.2 Å². The standard InChI is InChI=1S/C15H21NO5S/c1-21-12-3-2-4-13(7-12)22(19,20)16-8-10-5-14(17)15(18)6-11(10)9-16/h2-4,7,10-11,14-15,17-18H,5-6,8-9H2,1H3/t10-,11+,14+,15-. The van der Waals surface area contributed by atoms with Crippen LogP contribution in [0.25, 0.3) is 0 Å². The van der Waals surface area contributed by atoms with Crippen LogP contribution in [0.4, 0.5) is 0 Å². The van der Waals surface area contributed by atoms with E-state index in [9.17, 15) is 18.6 Å². The number of methoxy groups -OCH3 is 1. The SMILES string of the molecule is COc1cccc(S(=O)(=O)N2C[C@H]3C[C@H](O)[C@H](O)C[C@H]3C2)c1. The van der Waals surface area contributed by atoms with Gasteiger partial charge in [-0.1, -0.05) is 6.07 Å². The molecule has 1 saturated heterocycles. The Balaban J connectivity index is 1.82. The number of ether oxygens (including phenoxy) is 1. The molecule has 3 rings (SSSR count). The molecule has 1 saturated carbocycles. The maximum atomic E-state index is 12.8. The minimum atomic E-state index is -3.57. The molecule has 2 fully saturated rings. The quantitative estimate of drug-likeness (QED) is 0.841. The summed E-state index contributed by atoms with van der Waals surface area (Å²) in [4.78, 5) is 0.214. The van der Waals surface area contributed by atoms with Crippen LogP contribution in [0.3, 0.4) is 0 Å². The molecule has 0 aromatic heterocycles. The Morgan fingerprint density at radius 3 is 2.27 bits per heavy atom. The third-order valence-corrected chi connectivity index (χ3v) is 6.58. The van der Waals surface area contributed by atoms with Crippen LogP contribution >= 0.6 is 0 Å². The van der Waals surface area contributed by atoms with Gasteiger partial charge < -0.3 is 14.9 Å². The Morgan fingerprint density at radius 2 is 1.73 bits per heavy atom. The highest BCUT2D eigenvalue weighted by Gasteiger charge is 2.44. The number of fused-ring (bicyclic) bond motifs is 1. The summed E-state index contributed by atoms with van der Waals surface area (Å²) in [5, 5.41) is 19.5. The van der Waals surface area contributed by atoms with E-state index >= 15 is 0 Å². The van der Waals surface area contributed by atoms with Crippen LogP contribution < -0.4 is 4.74 Å². The lowest BCUT2D eigenvalue weighted by atomic mass is 9.79. The third kappa shape index (κ3) is 2.74. The highest BCUT2D eigenvalue weighted by Crippen LogP contribution is 2.38. The van der Waals surface area contributed by atoms with Crippen molar-refractivity contribution in [1.82, 2.24) is 4.31 Å². The second-order valence-electron chi connectivity index (χ2n) is 6.13. The summed E-state index contributed by atoms with van der Waals surface area (Å²) in [6.07, 6.45) is -0.590. The van der Waals surface area contributed by atoms with Gasteiger partial charge in [0.2, 0.25) is 10.0 Å². The fraction of sp³-hybridized carbons (Fsp3) is 0.600. The summed E-state index contributed by atoms with van der Waals surface area (Å²) >= 11 is 0. The molecule has 1 aromatic rings. The third-order valence-electron chi connectivity index (χ3n) is 4.75. The fourth-order valence-electron chi connectivity index (χ4n) is 3.47. The van der Waals surface area contributed by atoms with Crippen molar-refractivity contribution in [3.05, 3.63) is 24.3 Å². The van der Waals surface area contributed by atoms with Crippen LogP contribution in [0, 0.1) is 11.8 Å². The second kappa shape index (κ2) is 5.81. The van der Waals surface area contributed by atoms with Crippen LogP contribution in [0.5, 0.6) is 5.75 Å². The molecule has 0 unspecified atom stereocenters. The van der Waals surface area contributed by atoms with Gasteiger partial charge in [0.15, 0.2) is 0 Å². The number of nitrogens with zero attached hydrogens (tertiary/aromatic N) is 1. The zero-order valence-corrected chi connectivity index (χ0v) is 13.2. The molecule has 7 heteroatoms. The number of hydrogen-bond acceptors (Lipinski definition) is 5. The molecular weight excluding hydrogens is 306 g/mol. The van der Waals surface area contributed by atoms with Crippen molar-refractivity contribution in [1.29, 1.82) is 0 Å². The molecule has 122 valence electrons. The lowest BCUT2D eigenvalue weighted by Gasteiger charge is -2.31. The molecule has 0 amide bonds. The largest absolute Gasteiger partial charge is 0.497 e. The number of aliphatic hydroxyl groups excluding tert-OH is 2. The minimum absolute atomic E-state index is 0.110. The Bertz CT molecular complexity index is 629. The summed E-state index contributed by atoms with van der Waals surface area (Å²) < 4.78 is 32.1. The van der Waals surface area contributed by atoms with Gasteiger partial charge in [0, 0.05) is 19.2 Å². The van der Waals surface area contributed by atoms with E-state index in [2.05, 4.69) is 0 Å². The number of aliphatic hydroxyl groups is 2. The van der Waals surface area contributed by atoms with Gasteiger partial charge in [-0.05, 0) is 36.8 Å². The molecule has 1 aromatic carbocycles. The summed E-state index contributed by atoms with van der Waals surface area (Å²) in [6, 6.07) is 6.43. The highest BCUT2D eigenvalue weighted by molar-refractivity contribution is 7.89. The first-order valence-electron chi connectivity index (χ1n) is 7.42. The smallest absolute Gasteiger partial charge is 0.243 e. The van der Waals surface area contributed by atoms with E-state index in [4.69, 9.17) is 4.74 Å². The number of hydrogen-bond donors (Lipinski definition) is 2. The van der Waals surface area contributed by atoms with E-state index in [-0.39, 0.29) is 16.7 Å². The molecule has 2 aliphatic rings. The average molecular weight is 327 g/mol. The van der Waals surface area contributed by atoms with Crippen LogP contribution in [0.15, 0.2) is 29.2 Å². The van der Waals surface area contributed by atoms with Crippen LogP contribution in [-0.4, -0.2) is 55.3 Å². The van der Waals surface area contributed by atoms with Crippen molar-refractivity contribution < 1.29 is 23.4 Å². The molecule has 0 spiro atoms. The first kappa shape index (κ1) is 15.7. The number of rotatable bonds is 3. The molecule has 4 atom stereocenters. The normalized spacial score (nSPS) is 32.7. The van der Waals surface area contributed by atoms with E-state index in [0.717, 1.165) is 0 Å². The summed E-state index contributed by atoms with van der Waals surface area (Å²) in [5.41, 5.74) is 0. The predicted octanol–water partition coefficient (Wildman–Crippen LogP) is 0.447. The van der Waals surface area contributed by atoms with Crippen LogP contribution in [0.2, 0.25) is 0 Å².